The summed E-state index contributed by atoms with van der Waals surface area (Å²) in [5.41, 5.74) is 1.74. The van der Waals surface area contributed by atoms with Crippen molar-refractivity contribution in [3.63, 3.8) is 0 Å². The molecule has 2 aliphatic rings. The first kappa shape index (κ1) is 14.4. The highest BCUT2D eigenvalue weighted by Crippen LogP contribution is 2.35. The highest BCUT2D eigenvalue weighted by Gasteiger charge is 2.51. The van der Waals surface area contributed by atoms with E-state index in [1.165, 1.54) is 5.54 Å². The Hall–Kier alpha value is -1.03. The standard InChI is InChI=1S/C14H21ClN2O2/c1-3-11-12(18)16-14(6-4-5-7-14)13(19)17(11)9-10(2)8-15/h8,11H,3-7,9H2,1-2H3,(H,16,18). The fourth-order valence-corrected chi connectivity index (χ4v) is 3.21. The van der Waals surface area contributed by atoms with Crippen molar-refractivity contribution in [3.05, 3.63) is 11.1 Å². The monoisotopic (exact) mass is 284 g/mol. The largest absolute Gasteiger partial charge is 0.340 e. The Morgan fingerprint density at radius 2 is 2.11 bits per heavy atom. The number of hydrogen-bond acceptors (Lipinski definition) is 2. The van der Waals surface area contributed by atoms with Gasteiger partial charge >= 0.3 is 0 Å². The molecule has 0 bridgehead atoms. The van der Waals surface area contributed by atoms with Crippen LogP contribution in [0, 0.1) is 0 Å². The molecule has 0 aromatic carbocycles. The van der Waals surface area contributed by atoms with Crippen LogP contribution < -0.4 is 5.32 Å². The molecule has 2 fully saturated rings. The minimum absolute atomic E-state index is 0.0219. The van der Waals surface area contributed by atoms with E-state index in [9.17, 15) is 9.59 Å². The molecule has 1 aliphatic carbocycles. The zero-order valence-electron chi connectivity index (χ0n) is 11.5. The Labute approximate surface area is 119 Å². The van der Waals surface area contributed by atoms with Crippen molar-refractivity contribution in [1.82, 2.24) is 10.2 Å². The predicted molar refractivity (Wildman–Crippen MR) is 74.7 cm³/mol. The molecule has 0 radical (unpaired) electrons. The summed E-state index contributed by atoms with van der Waals surface area (Å²) in [5.74, 6) is 0.0423. The predicted octanol–water partition coefficient (Wildman–Crippen LogP) is 2.18. The highest BCUT2D eigenvalue weighted by molar-refractivity contribution is 6.25. The number of halogens is 1. The SMILES string of the molecule is CCC1C(=O)NC2(CCCC2)C(=O)N1CC(C)=CCl. The zero-order chi connectivity index (χ0) is 14.0. The minimum Gasteiger partial charge on any atom is -0.340 e. The summed E-state index contributed by atoms with van der Waals surface area (Å²) in [7, 11) is 0. The van der Waals surface area contributed by atoms with Crippen molar-refractivity contribution in [2.75, 3.05) is 6.54 Å². The fraction of sp³-hybridized carbons (Fsp3) is 0.714. The van der Waals surface area contributed by atoms with Crippen LogP contribution in [0.4, 0.5) is 0 Å². The Balaban J connectivity index is 2.28. The van der Waals surface area contributed by atoms with Crippen molar-refractivity contribution in [1.29, 1.82) is 0 Å². The number of nitrogens with one attached hydrogen (secondary N) is 1. The van der Waals surface area contributed by atoms with Crippen LogP contribution in [-0.2, 0) is 9.59 Å². The lowest BCUT2D eigenvalue weighted by Crippen LogP contribution is -2.69. The van der Waals surface area contributed by atoms with Gasteiger partial charge in [0.1, 0.15) is 11.6 Å². The molecule has 2 rings (SSSR count). The Bertz CT molecular complexity index is 414. The summed E-state index contributed by atoms with van der Waals surface area (Å²) in [4.78, 5) is 26.7. The smallest absolute Gasteiger partial charge is 0.249 e. The maximum atomic E-state index is 12.8. The molecule has 4 nitrogen and oxygen atoms in total. The molecular weight excluding hydrogens is 264 g/mol. The number of carbonyl (C=O) groups excluding carboxylic acids is 2. The Morgan fingerprint density at radius 3 is 2.63 bits per heavy atom. The van der Waals surface area contributed by atoms with Crippen LogP contribution in [-0.4, -0.2) is 34.8 Å². The lowest BCUT2D eigenvalue weighted by molar-refractivity contribution is -0.154. The van der Waals surface area contributed by atoms with Gasteiger partial charge < -0.3 is 10.2 Å². The van der Waals surface area contributed by atoms with Gasteiger partial charge in [0.25, 0.3) is 0 Å². The normalized spacial score (nSPS) is 27.0. The molecule has 0 aromatic rings. The molecule has 1 heterocycles. The highest BCUT2D eigenvalue weighted by atomic mass is 35.5. The quantitative estimate of drug-likeness (QED) is 0.863. The van der Waals surface area contributed by atoms with E-state index in [0.29, 0.717) is 13.0 Å². The van der Waals surface area contributed by atoms with Gasteiger partial charge in [-0.05, 0) is 31.8 Å². The fourth-order valence-electron chi connectivity index (χ4n) is 3.14. The molecule has 1 unspecified atom stereocenters. The third kappa shape index (κ3) is 2.50. The summed E-state index contributed by atoms with van der Waals surface area (Å²) < 4.78 is 0. The van der Waals surface area contributed by atoms with E-state index in [0.717, 1.165) is 31.3 Å². The Kier molecular flexibility index (Phi) is 4.19. The van der Waals surface area contributed by atoms with Crippen molar-refractivity contribution in [2.45, 2.75) is 57.5 Å². The van der Waals surface area contributed by atoms with Crippen molar-refractivity contribution in [3.8, 4) is 0 Å². The average molecular weight is 285 g/mol. The second kappa shape index (κ2) is 5.53. The number of carbonyl (C=O) groups is 2. The molecule has 19 heavy (non-hydrogen) atoms. The number of piperazine rings is 1. The first-order valence-electron chi connectivity index (χ1n) is 6.93. The first-order valence-corrected chi connectivity index (χ1v) is 7.36. The van der Waals surface area contributed by atoms with E-state index in [1.807, 2.05) is 13.8 Å². The zero-order valence-corrected chi connectivity index (χ0v) is 12.3. The van der Waals surface area contributed by atoms with Crippen LogP contribution in [0.25, 0.3) is 0 Å². The third-order valence-electron chi connectivity index (χ3n) is 4.16. The van der Waals surface area contributed by atoms with Gasteiger partial charge in [0, 0.05) is 12.1 Å². The molecule has 106 valence electrons. The number of hydrogen-bond donors (Lipinski definition) is 1. The van der Waals surface area contributed by atoms with Gasteiger partial charge in [-0.3, -0.25) is 9.59 Å². The minimum atomic E-state index is -0.644. The molecule has 2 amide bonds. The van der Waals surface area contributed by atoms with Crippen molar-refractivity contribution >= 4 is 23.4 Å². The topological polar surface area (TPSA) is 49.4 Å². The maximum Gasteiger partial charge on any atom is 0.249 e. The number of nitrogens with zero attached hydrogens (tertiary/aromatic N) is 1. The number of amides is 2. The van der Waals surface area contributed by atoms with E-state index < -0.39 is 5.54 Å². The average Bonchev–Trinajstić information content (AvgIpc) is 2.85. The lowest BCUT2D eigenvalue weighted by Gasteiger charge is -2.44. The summed E-state index contributed by atoms with van der Waals surface area (Å²) in [6.45, 7) is 4.24. The molecule has 1 atom stereocenters. The van der Waals surface area contributed by atoms with E-state index in [-0.39, 0.29) is 17.9 Å². The van der Waals surface area contributed by atoms with Gasteiger partial charge in [-0.1, -0.05) is 31.4 Å². The molecular formula is C14H21ClN2O2. The summed E-state index contributed by atoms with van der Waals surface area (Å²) >= 11 is 5.70. The number of rotatable bonds is 3. The molecule has 1 saturated carbocycles. The summed E-state index contributed by atoms with van der Waals surface area (Å²) in [5, 5.41) is 2.98. The molecule has 1 N–H and O–H groups in total. The Morgan fingerprint density at radius 1 is 1.47 bits per heavy atom. The van der Waals surface area contributed by atoms with Crippen LogP contribution in [0.15, 0.2) is 11.1 Å². The maximum absolute atomic E-state index is 12.8. The molecule has 1 saturated heterocycles. The summed E-state index contributed by atoms with van der Waals surface area (Å²) in [6, 6.07) is -0.370. The van der Waals surface area contributed by atoms with Crippen LogP contribution in [0.2, 0.25) is 0 Å². The van der Waals surface area contributed by atoms with Gasteiger partial charge in [-0.15, -0.1) is 0 Å². The van der Waals surface area contributed by atoms with E-state index >= 15 is 0 Å². The van der Waals surface area contributed by atoms with E-state index in [4.69, 9.17) is 11.6 Å². The van der Waals surface area contributed by atoms with E-state index in [2.05, 4.69) is 5.32 Å². The second-order valence-electron chi connectivity index (χ2n) is 5.59. The van der Waals surface area contributed by atoms with Crippen LogP contribution >= 0.6 is 11.6 Å². The van der Waals surface area contributed by atoms with Gasteiger partial charge in [-0.25, -0.2) is 0 Å². The van der Waals surface area contributed by atoms with E-state index in [1.54, 1.807) is 4.90 Å². The molecule has 1 spiro atoms. The van der Waals surface area contributed by atoms with Crippen LogP contribution in [0.3, 0.4) is 0 Å². The molecule has 0 aromatic heterocycles. The van der Waals surface area contributed by atoms with Crippen LogP contribution in [0.1, 0.15) is 46.0 Å². The van der Waals surface area contributed by atoms with Gasteiger partial charge in [0.2, 0.25) is 11.8 Å². The molecule has 1 aliphatic heterocycles. The first-order chi connectivity index (χ1) is 9.04. The van der Waals surface area contributed by atoms with Gasteiger partial charge in [0.05, 0.1) is 0 Å². The third-order valence-corrected chi connectivity index (χ3v) is 4.53. The van der Waals surface area contributed by atoms with Crippen molar-refractivity contribution in [2.24, 2.45) is 0 Å². The summed E-state index contributed by atoms with van der Waals surface area (Å²) in [6.07, 6.45) is 4.15. The van der Waals surface area contributed by atoms with Crippen LogP contribution in [0.5, 0.6) is 0 Å². The second-order valence-corrected chi connectivity index (χ2v) is 5.81. The van der Waals surface area contributed by atoms with Gasteiger partial charge in [0.15, 0.2) is 0 Å². The lowest BCUT2D eigenvalue weighted by atomic mass is 9.90. The molecule has 5 heteroatoms. The van der Waals surface area contributed by atoms with Gasteiger partial charge in [-0.2, -0.15) is 0 Å². The van der Waals surface area contributed by atoms with Crippen molar-refractivity contribution < 1.29 is 9.59 Å².